The minimum absolute atomic E-state index is 0.0260. The lowest BCUT2D eigenvalue weighted by Gasteiger charge is -2.40. The molecule has 2 rings (SSSR count). The molecule has 20 heavy (non-hydrogen) atoms. The number of nitrogens with one attached hydrogen (secondary N) is 1. The smallest absolute Gasteiger partial charge is 0.245 e. The number of hydrogen-bond donors (Lipinski definition) is 1. The molecule has 1 aliphatic heterocycles. The molecular formula is C14H17ClN2O3. The predicted molar refractivity (Wildman–Crippen MR) is 75.7 cm³/mol. The maximum Gasteiger partial charge on any atom is 0.245 e. The summed E-state index contributed by atoms with van der Waals surface area (Å²) >= 11 is 5.87. The highest BCUT2D eigenvalue weighted by Crippen LogP contribution is 2.21. The molecule has 108 valence electrons. The van der Waals surface area contributed by atoms with Crippen molar-refractivity contribution in [2.24, 2.45) is 0 Å². The van der Waals surface area contributed by atoms with Crippen molar-refractivity contribution in [1.29, 1.82) is 0 Å². The van der Waals surface area contributed by atoms with Crippen LogP contribution in [0, 0.1) is 0 Å². The van der Waals surface area contributed by atoms with Crippen molar-refractivity contribution in [2.45, 2.75) is 26.0 Å². The van der Waals surface area contributed by atoms with Crippen LogP contribution in [0.25, 0.3) is 0 Å². The fraction of sp³-hybridized carbons (Fsp3) is 0.429. The Morgan fingerprint density at radius 2 is 2.15 bits per heavy atom. The van der Waals surface area contributed by atoms with E-state index in [9.17, 15) is 9.59 Å². The molecule has 1 atom stereocenters. The van der Waals surface area contributed by atoms with E-state index in [-0.39, 0.29) is 17.9 Å². The first-order valence-corrected chi connectivity index (χ1v) is 6.81. The van der Waals surface area contributed by atoms with E-state index < -0.39 is 6.04 Å². The van der Waals surface area contributed by atoms with Crippen LogP contribution >= 0.6 is 11.6 Å². The van der Waals surface area contributed by atoms with Crippen LogP contribution in [0.2, 0.25) is 5.02 Å². The fourth-order valence-electron chi connectivity index (χ4n) is 2.07. The normalized spacial score (nSPS) is 16.2. The molecule has 6 heteroatoms. The molecule has 1 N–H and O–H groups in total. The van der Waals surface area contributed by atoms with E-state index in [0.29, 0.717) is 23.9 Å². The van der Waals surface area contributed by atoms with Gasteiger partial charge in [-0.15, -0.1) is 0 Å². The molecule has 2 amide bonds. The standard InChI is InChI=1S/C14H17ClN2O3/c1-9(16-10(2)18)14(19)17-7-13(8-17)20-12-5-3-4-11(15)6-12/h3-6,9,13H,7-8H2,1-2H3,(H,16,18)/t9-/m0/s1. The SMILES string of the molecule is CC(=O)N[C@@H](C)C(=O)N1CC(Oc2cccc(Cl)c2)C1. The van der Waals surface area contributed by atoms with E-state index in [2.05, 4.69) is 5.32 Å². The quantitative estimate of drug-likeness (QED) is 0.915. The van der Waals surface area contributed by atoms with Crippen LogP contribution in [0.4, 0.5) is 0 Å². The maximum atomic E-state index is 11.9. The van der Waals surface area contributed by atoms with Crippen molar-refractivity contribution in [3.63, 3.8) is 0 Å². The van der Waals surface area contributed by atoms with E-state index in [1.54, 1.807) is 24.0 Å². The van der Waals surface area contributed by atoms with Crippen LogP contribution in [0.15, 0.2) is 24.3 Å². The highest BCUT2D eigenvalue weighted by molar-refractivity contribution is 6.30. The van der Waals surface area contributed by atoms with E-state index in [1.807, 2.05) is 12.1 Å². The summed E-state index contributed by atoms with van der Waals surface area (Å²) in [6.45, 7) is 4.12. The van der Waals surface area contributed by atoms with Crippen LogP contribution in [0.1, 0.15) is 13.8 Å². The summed E-state index contributed by atoms with van der Waals surface area (Å²) in [5.74, 6) is 0.397. The van der Waals surface area contributed by atoms with Crippen LogP contribution in [0.3, 0.4) is 0 Å². The lowest BCUT2D eigenvalue weighted by Crippen LogP contribution is -2.60. The molecule has 0 spiro atoms. The van der Waals surface area contributed by atoms with E-state index in [0.717, 1.165) is 0 Å². The van der Waals surface area contributed by atoms with E-state index >= 15 is 0 Å². The number of halogens is 1. The Morgan fingerprint density at radius 1 is 1.45 bits per heavy atom. The molecule has 1 fully saturated rings. The molecule has 1 aromatic carbocycles. The van der Waals surface area contributed by atoms with Crippen LogP contribution < -0.4 is 10.1 Å². The second-order valence-corrected chi connectivity index (χ2v) is 5.30. The van der Waals surface area contributed by atoms with Gasteiger partial charge in [0.25, 0.3) is 0 Å². The zero-order valence-corrected chi connectivity index (χ0v) is 12.2. The van der Waals surface area contributed by atoms with Gasteiger partial charge < -0.3 is 15.0 Å². The Balaban J connectivity index is 1.79. The number of carbonyl (C=O) groups is 2. The highest BCUT2D eigenvalue weighted by atomic mass is 35.5. The van der Waals surface area contributed by atoms with Crippen molar-refractivity contribution < 1.29 is 14.3 Å². The lowest BCUT2D eigenvalue weighted by molar-refractivity contribution is -0.143. The molecule has 0 unspecified atom stereocenters. The van der Waals surface area contributed by atoms with Crippen LogP contribution in [-0.4, -0.2) is 41.9 Å². The first-order chi connectivity index (χ1) is 9.45. The second-order valence-electron chi connectivity index (χ2n) is 4.86. The van der Waals surface area contributed by atoms with Gasteiger partial charge in [-0.05, 0) is 25.1 Å². The van der Waals surface area contributed by atoms with Crippen molar-refractivity contribution in [1.82, 2.24) is 10.2 Å². The summed E-state index contributed by atoms with van der Waals surface area (Å²) in [5.41, 5.74) is 0. The van der Waals surface area contributed by atoms with Crippen LogP contribution in [-0.2, 0) is 9.59 Å². The molecule has 0 bridgehead atoms. The maximum absolute atomic E-state index is 11.9. The summed E-state index contributed by atoms with van der Waals surface area (Å²) in [7, 11) is 0. The minimum atomic E-state index is -0.500. The zero-order chi connectivity index (χ0) is 14.7. The van der Waals surface area contributed by atoms with Gasteiger partial charge in [-0.25, -0.2) is 0 Å². The molecule has 5 nitrogen and oxygen atoms in total. The topological polar surface area (TPSA) is 58.6 Å². The molecule has 1 aromatic rings. The number of ether oxygens (including phenoxy) is 1. The van der Waals surface area contributed by atoms with Crippen molar-refractivity contribution in [3.8, 4) is 5.75 Å². The largest absolute Gasteiger partial charge is 0.487 e. The van der Waals surface area contributed by atoms with Gasteiger partial charge in [0.1, 0.15) is 17.9 Å². The molecule has 0 aromatic heterocycles. The molecule has 0 saturated carbocycles. The van der Waals surface area contributed by atoms with Gasteiger partial charge >= 0.3 is 0 Å². The Kier molecular flexibility index (Phi) is 4.49. The number of carbonyl (C=O) groups excluding carboxylic acids is 2. The molecule has 1 aliphatic rings. The monoisotopic (exact) mass is 296 g/mol. The van der Waals surface area contributed by atoms with Crippen molar-refractivity contribution >= 4 is 23.4 Å². The molecule has 1 saturated heterocycles. The zero-order valence-electron chi connectivity index (χ0n) is 11.4. The number of nitrogens with zero attached hydrogens (tertiary/aromatic N) is 1. The number of rotatable bonds is 4. The summed E-state index contributed by atoms with van der Waals surface area (Å²) < 4.78 is 5.71. The molecule has 0 radical (unpaired) electrons. The third kappa shape index (κ3) is 3.63. The van der Waals surface area contributed by atoms with Gasteiger partial charge in [-0.1, -0.05) is 17.7 Å². The number of amides is 2. The van der Waals surface area contributed by atoms with Crippen LogP contribution in [0.5, 0.6) is 5.75 Å². The molecule has 0 aliphatic carbocycles. The van der Waals surface area contributed by atoms with Gasteiger partial charge in [-0.3, -0.25) is 9.59 Å². The van der Waals surface area contributed by atoms with Gasteiger partial charge in [-0.2, -0.15) is 0 Å². The average molecular weight is 297 g/mol. The number of benzene rings is 1. The van der Waals surface area contributed by atoms with E-state index in [1.165, 1.54) is 6.92 Å². The predicted octanol–water partition coefficient (Wildman–Crippen LogP) is 1.45. The third-order valence-electron chi connectivity index (χ3n) is 3.05. The Labute approximate surface area is 122 Å². The first kappa shape index (κ1) is 14.7. The highest BCUT2D eigenvalue weighted by Gasteiger charge is 2.34. The lowest BCUT2D eigenvalue weighted by atomic mass is 10.1. The Bertz CT molecular complexity index is 515. The van der Waals surface area contributed by atoms with Crippen molar-refractivity contribution in [2.75, 3.05) is 13.1 Å². The summed E-state index contributed by atoms with van der Waals surface area (Å²) in [4.78, 5) is 24.5. The Hall–Kier alpha value is -1.75. The van der Waals surface area contributed by atoms with Gasteiger partial charge in [0.15, 0.2) is 0 Å². The van der Waals surface area contributed by atoms with Crippen molar-refractivity contribution in [3.05, 3.63) is 29.3 Å². The first-order valence-electron chi connectivity index (χ1n) is 6.44. The fourth-order valence-corrected chi connectivity index (χ4v) is 2.25. The number of likely N-dealkylation sites (tertiary alicyclic amines) is 1. The second kappa shape index (κ2) is 6.13. The van der Waals surface area contributed by atoms with Gasteiger partial charge in [0.2, 0.25) is 11.8 Å². The summed E-state index contributed by atoms with van der Waals surface area (Å²) in [6, 6.07) is 6.67. The van der Waals surface area contributed by atoms with E-state index in [4.69, 9.17) is 16.3 Å². The van der Waals surface area contributed by atoms with Gasteiger partial charge in [0, 0.05) is 11.9 Å². The Morgan fingerprint density at radius 3 is 2.75 bits per heavy atom. The molecule has 1 heterocycles. The minimum Gasteiger partial charge on any atom is -0.487 e. The third-order valence-corrected chi connectivity index (χ3v) is 3.28. The summed E-state index contributed by atoms with van der Waals surface area (Å²) in [6.07, 6.45) is -0.0260. The number of hydrogen-bond acceptors (Lipinski definition) is 3. The molecular weight excluding hydrogens is 280 g/mol. The van der Waals surface area contributed by atoms with Gasteiger partial charge in [0.05, 0.1) is 13.1 Å². The average Bonchev–Trinajstić information content (AvgIpc) is 2.31. The summed E-state index contributed by atoms with van der Waals surface area (Å²) in [5, 5.41) is 3.19.